The topological polar surface area (TPSA) is 87.4 Å². The number of benzene rings is 2. The van der Waals surface area contributed by atoms with Crippen LogP contribution >= 0.6 is 31.9 Å². The summed E-state index contributed by atoms with van der Waals surface area (Å²) in [4.78, 5) is 36.6. The van der Waals surface area contributed by atoms with Gasteiger partial charge in [0.1, 0.15) is 0 Å². The van der Waals surface area contributed by atoms with Crippen LogP contribution in [0.15, 0.2) is 63.8 Å². The number of halogens is 2. The molecule has 0 aliphatic heterocycles. The molecule has 0 aliphatic carbocycles. The lowest BCUT2D eigenvalue weighted by Gasteiger charge is -2.03. The molecule has 0 radical (unpaired) electrons. The predicted octanol–water partition coefficient (Wildman–Crippen LogP) is 3.76. The van der Waals surface area contributed by atoms with Crippen molar-refractivity contribution in [2.75, 3.05) is 0 Å². The Balaban J connectivity index is 1.66. The molecule has 2 aromatic carbocycles. The number of hydrogen-bond acceptors (Lipinski definition) is 5. The number of oxazole rings is 2. The maximum absolute atomic E-state index is 12.6. The summed E-state index contributed by atoms with van der Waals surface area (Å²) >= 11 is 6.60. The Morgan fingerprint density at radius 2 is 1.46 bits per heavy atom. The van der Waals surface area contributed by atoms with E-state index in [0.29, 0.717) is 22.2 Å². The van der Waals surface area contributed by atoms with Crippen LogP contribution in [0.25, 0.3) is 22.2 Å². The van der Waals surface area contributed by atoms with Gasteiger partial charge >= 0.3 is 11.5 Å². The van der Waals surface area contributed by atoms with Crippen molar-refractivity contribution in [2.45, 2.75) is 13.0 Å². The van der Waals surface area contributed by atoms with Gasteiger partial charge in [0.25, 0.3) is 0 Å². The van der Waals surface area contributed by atoms with E-state index in [0.717, 1.165) is 13.5 Å². The normalized spacial score (nSPS) is 11.5. The Kier molecular flexibility index (Phi) is 4.20. The third-order valence-corrected chi connectivity index (χ3v) is 4.96. The van der Waals surface area contributed by atoms with Crippen molar-refractivity contribution in [3.05, 3.63) is 66.4 Å². The summed E-state index contributed by atoms with van der Waals surface area (Å²) in [7, 11) is 0. The smallest absolute Gasteiger partial charge is 0.408 e. The van der Waals surface area contributed by atoms with Gasteiger partial charge in [0.15, 0.2) is 11.2 Å². The number of hydrogen-bond donors (Lipinski definition) is 0. The molecule has 4 rings (SSSR count). The van der Waals surface area contributed by atoms with Crippen LogP contribution < -0.4 is 11.5 Å². The van der Waals surface area contributed by atoms with Gasteiger partial charge in [-0.05, 0) is 36.4 Å². The summed E-state index contributed by atoms with van der Waals surface area (Å²) in [6.07, 6.45) is -0.0603. The lowest BCUT2D eigenvalue weighted by atomic mass is 10.3. The molecule has 0 amide bonds. The molecule has 2 heterocycles. The Hall–Kier alpha value is -2.39. The van der Waals surface area contributed by atoms with Gasteiger partial charge in [0, 0.05) is 21.9 Å². The monoisotopic (exact) mass is 480 g/mol. The first-order valence-electron chi connectivity index (χ1n) is 7.57. The Labute approximate surface area is 162 Å². The molecular formula is C17H10Br2N2O5. The first-order valence-corrected chi connectivity index (χ1v) is 9.16. The summed E-state index contributed by atoms with van der Waals surface area (Å²) in [6, 6.07) is 10.1. The number of rotatable bonds is 3. The minimum Gasteiger partial charge on any atom is -0.408 e. The van der Waals surface area contributed by atoms with Crippen molar-refractivity contribution in [1.82, 2.24) is 9.13 Å². The van der Waals surface area contributed by atoms with Gasteiger partial charge in [-0.1, -0.05) is 31.9 Å². The van der Waals surface area contributed by atoms with E-state index in [9.17, 15) is 14.4 Å². The van der Waals surface area contributed by atoms with Crippen LogP contribution in [-0.2, 0) is 6.54 Å². The Morgan fingerprint density at radius 1 is 0.885 bits per heavy atom. The Bertz CT molecular complexity index is 1280. The average Bonchev–Trinajstić information content (AvgIpc) is 3.07. The molecule has 7 nitrogen and oxygen atoms in total. The maximum atomic E-state index is 12.6. The maximum Gasteiger partial charge on any atom is 0.426 e. The second-order valence-electron chi connectivity index (χ2n) is 5.59. The van der Waals surface area contributed by atoms with Gasteiger partial charge < -0.3 is 8.83 Å². The quantitative estimate of drug-likeness (QED) is 0.444. The van der Waals surface area contributed by atoms with Crippen molar-refractivity contribution < 1.29 is 13.6 Å². The molecule has 0 saturated heterocycles. The van der Waals surface area contributed by atoms with Crippen LogP contribution in [0.1, 0.15) is 11.2 Å². The Morgan fingerprint density at radius 3 is 2.15 bits per heavy atom. The van der Waals surface area contributed by atoms with Crippen molar-refractivity contribution in [3.8, 4) is 0 Å². The van der Waals surface area contributed by atoms with Gasteiger partial charge in [0.2, 0.25) is 5.91 Å². The van der Waals surface area contributed by atoms with Gasteiger partial charge in [-0.2, -0.15) is 0 Å². The fourth-order valence-corrected chi connectivity index (χ4v) is 3.48. The van der Waals surface area contributed by atoms with E-state index in [1.54, 1.807) is 36.4 Å². The molecule has 0 fully saturated rings. The summed E-state index contributed by atoms with van der Waals surface area (Å²) in [5, 5.41) is 0. The molecule has 0 atom stereocenters. The van der Waals surface area contributed by atoms with Crippen LogP contribution in [0.5, 0.6) is 0 Å². The summed E-state index contributed by atoms with van der Waals surface area (Å²) < 4.78 is 14.2. The fraction of sp³-hybridized carbons (Fsp3) is 0.118. The highest BCUT2D eigenvalue weighted by Crippen LogP contribution is 2.20. The third-order valence-electron chi connectivity index (χ3n) is 3.97. The molecule has 0 bridgehead atoms. The molecule has 0 spiro atoms. The molecule has 132 valence electrons. The van der Waals surface area contributed by atoms with Crippen LogP contribution in [0.3, 0.4) is 0 Å². The van der Waals surface area contributed by atoms with Crippen LogP contribution in [0.4, 0.5) is 0 Å². The minimum absolute atomic E-state index is 0.0603. The van der Waals surface area contributed by atoms with Crippen molar-refractivity contribution in [3.63, 3.8) is 0 Å². The number of aryl methyl sites for hydroxylation is 1. The van der Waals surface area contributed by atoms with E-state index < -0.39 is 17.4 Å². The molecule has 0 saturated carbocycles. The van der Waals surface area contributed by atoms with Gasteiger partial charge in [-0.3, -0.25) is 9.36 Å². The number of fused-ring (bicyclic) bond motifs is 2. The van der Waals surface area contributed by atoms with Crippen molar-refractivity contribution in [2.24, 2.45) is 0 Å². The lowest BCUT2D eigenvalue weighted by molar-refractivity contribution is 0.0893. The van der Waals surface area contributed by atoms with Crippen molar-refractivity contribution in [1.29, 1.82) is 0 Å². The summed E-state index contributed by atoms with van der Waals surface area (Å²) in [6.45, 7) is 0.0853. The number of aromatic nitrogens is 2. The number of carbonyl (C=O) groups is 1. The highest BCUT2D eigenvalue weighted by molar-refractivity contribution is 9.10. The van der Waals surface area contributed by atoms with Crippen LogP contribution in [0, 0.1) is 0 Å². The summed E-state index contributed by atoms with van der Waals surface area (Å²) in [5.41, 5.74) is 1.71. The predicted molar refractivity (Wildman–Crippen MR) is 102 cm³/mol. The molecule has 4 aromatic rings. The first kappa shape index (κ1) is 17.0. The van der Waals surface area contributed by atoms with Gasteiger partial charge in [-0.25, -0.2) is 14.2 Å². The molecular weight excluding hydrogens is 472 g/mol. The standard InChI is InChI=1S/C17H10Br2N2O5/c18-9-1-3-11-13(7-9)25-16(23)20(11)6-5-15(22)21-12-4-2-10(19)8-14(12)26-17(21)24/h1-4,7-8H,5-6H2. The molecule has 26 heavy (non-hydrogen) atoms. The third kappa shape index (κ3) is 2.86. The highest BCUT2D eigenvalue weighted by atomic mass is 79.9. The molecule has 2 aromatic heterocycles. The second kappa shape index (κ2) is 6.40. The molecule has 0 N–H and O–H groups in total. The largest absolute Gasteiger partial charge is 0.426 e. The number of carbonyl (C=O) groups excluding carboxylic acids is 1. The SMILES string of the molecule is O=C(CCn1c(=O)oc2cc(Br)ccc21)n1c(=O)oc2cc(Br)ccc21. The zero-order chi connectivity index (χ0) is 18.4. The van der Waals surface area contributed by atoms with E-state index in [2.05, 4.69) is 31.9 Å². The van der Waals surface area contributed by atoms with Crippen LogP contribution in [0.2, 0.25) is 0 Å². The van der Waals surface area contributed by atoms with E-state index in [1.807, 2.05) is 0 Å². The van der Waals surface area contributed by atoms with E-state index in [4.69, 9.17) is 8.83 Å². The lowest BCUT2D eigenvalue weighted by Crippen LogP contribution is -2.25. The van der Waals surface area contributed by atoms with Gasteiger partial charge in [0.05, 0.1) is 11.0 Å². The van der Waals surface area contributed by atoms with E-state index in [1.165, 1.54) is 4.57 Å². The molecule has 9 heteroatoms. The minimum atomic E-state index is -0.753. The van der Waals surface area contributed by atoms with Crippen LogP contribution in [-0.4, -0.2) is 15.0 Å². The first-order chi connectivity index (χ1) is 12.4. The zero-order valence-corrected chi connectivity index (χ0v) is 16.2. The van der Waals surface area contributed by atoms with E-state index >= 15 is 0 Å². The van der Waals surface area contributed by atoms with Gasteiger partial charge in [-0.15, -0.1) is 0 Å². The molecule has 0 unspecified atom stereocenters. The molecule has 0 aliphatic rings. The fourth-order valence-electron chi connectivity index (χ4n) is 2.80. The van der Waals surface area contributed by atoms with E-state index in [-0.39, 0.29) is 13.0 Å². The highest BCUT2D eigenvalue weighted by Gasteiger charge is 2.18. The number of nitrogens with zero attached hydrogens (tertiary/aromatic N) is 2. The zero-order valence-electron chi connectivity index (χ0n) is 13.1. The average molecular weight is 482 g/mol. The second-order valence-corrected chi connectivity index (χ2v) is 7.42. The van der Waals surface area contributed by atoms with Crippen molar-refractivity contribution >= 4 is 60.0 Å². The summed E-state index contributed by atoms with van der Waals surface area (Å²) in [5.74, 6) is -1.77.